The van der Waals surface area contributed by atoms with Crippen molar-refractivity contribution in [1.82, 2.24) is 5.43 Å². The molecule has 0 saturated carbocycles. The van der Waals surface area contributed by atoms with Gasteiger partial charge in [0.05, 0.1) is 13.3 Å². The molecule has 0 spiro atoms. The number of benzene rings is 2. The molecular formula is C18H17ClN2O5. The molecule has 0 saturated heterocycles. The number of carbonyl (C=O) groups is 1. The number of hydrazone groups is 1. The van der Waals surface area contributed by atoms with Gasteiger partial charge in [-0.1, -0.05) is 11.6 Å². The van der Waals surface area contributed by atoms with Crippen molar-refractivity contribution in [3.05, 3.63) is 46.5 Å². The van der Waals surface area contributed by atoms with Crippen LogP contribution in [0.1, 0.15) is 11.1 Å². The minimum absolute atomic E-state index is 0.143. The van der Waals surface area contributed by atoms with Crippen LogP contribution in [0.2, 0.25) is 5.02 Å². The first kappa shape index (κ1) is 17.9. The molecule has 1 heterocycles. The van der Waals surface area contributed by atoms with Crippen molar-refractivity contribution in [2.45, 2.75) is 6.92 Å². The summed E-state index contributed by atoms with van der Waals surface area (Å²) in [5.41, 5.74) is 3.97. The van der Waals surface area contributed by atoms with Crippen LogP contribution in [0.15, 0.2) is 35.4 Å². The van der Waals surface area contributed by atoms with E-state index < -0.39 is 0 Å². The molecule has 26 heavy (non-hydrogen) atoms. The third kappa shape index (κ3) is 4.18. The zero-order valence-corrected chi connectivity index (χ0v) is 15.0. The summed E-state index contributed by atoms with van der Waals surface area (Å²) in [5.74, 6) is 1.83. The van der Waals surface area contributed by atoms with E-state index in [2.05, 4.69) is 10.5 Å². The van der Waals surface area contributed by atoms with Crippen LogP contribution < -0.4 is 24.4 Å². The molecule has 2 aromatic rings. The van der Waals surface area contributed by atoms with E-state index in [9.17, 15) is 4.79 Å². The number of nitrogens with one attached hydrogen (secondary N) is 1. The fourth-order valence-corrected chi connectivity index (χ4v) is 2.41. The number of fused-ring (bicyclic) bond motifs is 1. The van der Waals surface area contributed by atoms with Crippen molar-refractivity contribution < 1.29 is 23.7 Å². The Morgan fingerprint density at radius 3 is 2.96 bits per heavy atom. The number of rotatable bonds is 6. The van der Waals surface area contributed by atoms with Gasteiger partial charge in [-0.25, -0.2) is 5.43 Å². The summed E-state index contributed by atoms with van der Waals surface area (Å²) in [6, 6.07) is 8.65. The lowest BCUT2D eigenvalue weighted by Gasteiger charge is -2.07. The van der Waals surface area contributed by atoms with Crippen LogP contribution in [0.5, 0.6) is 23.0 Å². The smallest absolute Gasteiger partial charge is 0.277 e. The van der Waals surface area contributed by atoms with E-state index in [1.807, 2.05) is 6.92 Å². The van der Waals surface area contributed by atoms with Crippen molar-refractivity contribution in [3.63, 3.8) is 0 Å². The quantitative estimate of drug-likeness (QED) is 0.619. The van der Waals surface area contributed by atoms with Crippen molar-refractivity contribution >= 4 is 23.7 Å². The van der Waals surface area contributed by atoms with Gasteiger partial charge in [0.1, 0.15) is 5.75 Å². The lowest BCUT2D eigenvalue weighted by molar-refractivity contribution is -0.123. The number of aryl methyl sites for hydroxylation is 1. The van der Waals surface area contributed by atoms with Crippen LogP contribution >= 0.6 is 11.6 Å². The summed E-state index contributed by atoms with van der Waals surface area (Å²) < 4.78 is 21.3. The number of ether oxygens (including phenoxy) is 4. The largest absolute Gasteiger partial charge is 0.493 e. The number of amides is 1. The van der Waals surface area contributed by atoms with Gasteiger partial charge in [-0.3, -0.25) is 4.79 Å². The molecule has 8 heteroatoms. The number of nitrogens with zero attached hydrogens (tertiary/aromatic N) is 1. The van der Waals surface area contributed by atoms with E-state index in [0.29, 0.717) is 33.6 Å². The predicted molar refractivity (Wildman–Crippen MR) is 96.5 cm³/mol. The van der Waals surface area contributed by atoms with Gasteiger partial charge in [-0.15, -0.1) is 0 Å². The summed E-state index contributed by atoms with van der Waals surface area (Å²) in [6.07, 6.45) is 1.48. The van der Waals surface area contributed by atoms with Gasteiger partial charge < -0.3 is 18.9 Å². The maximum atomic E-state index is 11.8. The van der Waals surface area contributed by atoms with E-state index in [0.717, 1.165) is 5.56 Å². The Kier molecular flexibility index (Phi) is 5.48. The van der Waals surface area contributed by atoms with E-state index in [-0.39, 0.29) is 19.3 Å². The SMILES string of the molecule is COc1cc(/C=N\NC(=O)COc2ccc(Cl)c(C)c2)cc2c1OCO2. The molecule has 7 nitrogen and oxygen atoms in total. The zero-order chi connectivity index (χ0) is 18.5. The van der Waals surface area contributed by atoms with Gasteiger partial charge in [0.15, 0.2) is 18.1 Å². The Balaban J connectivity index is 1.55. The summed E-state index contributed by atoms with van der Waals surface area (Å²) in [4.78, 5) is 11.8. The highest BCUT2D eigenvalue weighted by Gasteiger charge is 2.19. The van der Waals surface area contributed by atoms with Crippen LogP contribution in [-0.2, 0) is 4.79 Å². The monoisotopic (exact) mass is 376 g/mol. The molecule has 3 rings (SSSR count). The van der Waals surface area contributed by atoms with E-state index in [1.54, 1.807) is 30.3 Å². The molecule has 1 aliphatic heterocycles. The summed E-state index contributed by atoms with van der Waals surface area (Å²) >= 11 is 5.95. The second kappa shape index (κ2) is 7.97. The van der Waals surface area contributed by atoms with E-state index in [4.69, 9.17) is 30.5 Å². The molecule has 136 valence electrons. The molecule has 0 fully saturated rings. The zero-order valence-electron chi connectivity index (χ0n) is 14.2. The molecule has 0 aliphatic carbocycles. The summed E-state index contributed by atoms with van der Waals surface area (Å²) in [6.45, 7) is 1.84. The Labute approximate surface area is 155 Å². The second-order valence-corrected chi connectivity index (χ2v) is 5.86. The van der Waals surface area contributed by atoms with Gasteiger partial charge >= 0.3 is 0 Å². The molecule has 0 atom stereocenters. The molecule has 0 bridgehead atoms. The summed E-state index contributed by atoms with van der Waals surface area (Å²) in [5, 5.41) is 4.55. The number of hydrogen-bond acceptors (Lipinski definition) is 6. The lowest BCUT2D eigenvalue weighted by Crippen LogP contribution is -2.24. The van der Waals surface area contributed by atoms with E-state index in [1.165, 1.54) is 13.3 Å². The second-order valence-electron chi connectivity index (χ2n) is 5.45. The molecule has 2 aromatic carbocycles. The Hall–Kier alpha value is -2.93. The molecule has 0 radical (unpaired) electrons. The van der Waals surface area contributed by atoms with Crippen LogP contribution in [-0.4, -0.2) is 32.6 Å². The van der Waals surface area contributed by atoms with Crippen molar-refractivity contribution in [3.8, 4) is 23.0 Å². The fraction of sp³-hybridized carbons (Fsp3) is 0.222. The molecule has 1 aliphatic rings. The number of methoxy groups -OCH3 is 1. The van der Waals surface area contributed by atoms with Gasteiger partial charge in [0.2, 0.25) is 12.5 Å². The number of hydrogen-bond donors (Lipinski definition) is 1. The molecule has 1 amide bonds. The lowest BCUT2D eigenvalue weighted by atomic mass is 10.2. The maximum Gasteiger partial charge on any atom is 0.277 e. The first-order chi connectivity index (χ1) is 12.6. The third-order valence-corrected chi connectivity index (χ3v) is 4.01. The maximum absolute atomic E-state index is 11.8. The highest BCUT2D eigenvalue weighted by molar-refractivity contribution is 6.31. The highest BCUT2D eigenvalue weighted by Crippen LogP contribution is 2.41. The topological polar surface area (TPSA) is 78.4 Å². The van der Waals surface area contributed by atoms with Gasteiger partial charge in [0.25, 0.3) is 5.91 Å². The number of carbonyl (C=O) groups excluding carboxylic acids is 1. The van der Waals surface area contributed by atoms with Gasteiger partial charge in [-0.2, -0.15) is 5.10 Å². The van der Waals surface area contributed by atoms with Crippen LogP contribution in [0.4, 0.5) is 0 Å². The Morgan fingerprint density at radius 2 is 2.19 bits per heavy atom. The van der Waals surface area contributed by atoms with Gasteiger partial charge in [-0.05, 0) is 42.8 Å². The van der Waals surface area contributed by atoms with Crippen molar-refractivity contribution in [2.24, 2.45) is 5.10 Å². The first-order valence-corrected chi connectivity index (χ1v) is 8.13. The minimum Gasteiger partial charge on any atom is -0.493 e. The predicted octanol–water partition coefficient (Wildman–Crippen LogP) is 2.91. The van der Waals surface area contributed by atoms with Crippen LogP contribution in [0.25, 0.3) is 0 Å². The average Bonchev–Trinajstić information content (AvgIpc) is 3.10. The van der Waals surface area contributed by atoms with Crippen molar-refractivity contribution in [2.75, 3.05) is 20.5 Å². The third-order valence-electron chi connectivity index (χ3n) is 3.58. The normalized spacial score (nSPS) is 12.3. The summed E-state index contributed by atoms with van der Waals surface area (Å²) in [7, 11) is 1.54. The number of halogens is 1. The van der Waals surface area contributed by atoms with Crippen molar-refractivity contribution in [1.29, 1.82) is 0 Å². The minimum atomic E-state index is -0.387. The van der Waals surface area contributed by atoms with Crippen LogP contribution in [0, 0.1) is 6.92 Å². The Bertz CT molecular complexity index is 854. The molecule has 1 N–H and O–H groups in total. The fourth-order valence-electron chi connectivity index (χ4n) is 2.29. The average molecular weight is 377 g/mol. The highest BCUT2D eigenvalue weighted by atomic mass is 35.5. The molecule has 0 aromatic heterocycles. The first-order valence-electron chi connectivity index (χ1n) is 7.75. The molecule has 0 unspecified atom stereocenters. The molecular weight excluding hydrogens is 360 g/mol. The van der Waals surface area contributed by atoms with Gasteiger partial charge in [0, 0.05) is 10.6 Å². The van der Waals surface area contributed by atoms with Crippen LogP contribution in [0.3, 0.4) is 0 Å². The van der Waals surface area contributed by atoms with E-state index >= 15 is 0 Å². The Morgan fingerprint density at radius 1 is 1.35 bits per heavy atom. The standard InChI is InChI=1S/C18H17ClN2O5/c1-11-5-13(3-4-14(11)19)24-9-17(22)21-20-8-12-6-15(23-2)18-16(7-12)25-10-26-18/h3-8H,9-10H2,1-2H3,(H,21,22)/b20-8-.